The van der Waals surface area contributed by atoms with Gasteiger partial charge in [0.25, 0.3) is 0 Å². The second-order valence-electron chi connectivity index (χ2n) is 11.2. The summed E-state index contributed by atoms with van der Waals surface area (Å²) in [6, 6.07) is 9.02. The summed E-state index contributed by atoms with van der Waals surface area (Å²) in [5.74, 6) is 0.338. The highest BCUT2D eigenvalue weighted by Crippen LogP contribution is 2.48. The Labute approximate surface area is 233 Å². The molecule has 0 spiro atoms. The molecule has 3 heterocycles. The van der Waals surface area contributed by atoms with Crippen molar-refractivity contribution in [2.24, 2.45) is 0 Å². The summed E-state index contributed by atoms with van der Waals surface area (Å²) in [7, 11) is 4.29. The maximum absolute atomic E-state index is 11.6. The third kappa shape index (κ3) is 5.69. The fourth-order valence-corrected chi connectivity index (χ4v) is 7.57. The highest BCUT2D eigenvalue weighted by atomic mass is 32.1. The second kappa shape index (κ2) is 11.3. The van der Waals surface area contributed by atoms with Crippen LogP contribution in [0, 0.1) is 0 Å². The van der Waals surface area contributed by atoms with Gasteiger partial charge >= 0.3 is 5.97 Å². The van der Waals surface area contributed by atoms with Gasteiger partial charge in [-0.2, -0.15) is 4.98 Å². The van der Waals surface area contributed by atoms with Crippen LogP contribution in [0.5, 0.6) is 5.88 Å². The van der Waals surface area contributed by atoms with Crippen LogP contribution >= 0.6 is 11.3 Å². The number of aryl methyl sites for hydroxylation is 1. The molecule has 2 aliphatic carbocycles. The second-order valence-corrected chi connectivity index (χ2v) is 12.3. The number of aromatic nitrogens is 2. The zero-order chi connectivity index (χ0) is 26.9. The third-order valence-corrected chi connectivity index (χ3v) is 9.60. The van der Waals surface area contributed by atoms with Gasteiger partial charge in [0.2, 0.25) is 11.8 Å². The zero-order valence-corrected chi connectivity index (χ0v) is 23.6. The van der Waals surface area contributed by atoms with Crippen molar-refractivity contribution < 1.29 is 14.6 Å². The SMILES string of the molecule is CN(C)C1CCC(Oc2nc(Nc3ccc(N4CCNCC4)cc3)nc3sc4c(c23)C(CC(=O)O)CC4)CC1. The van der Waals surface area contributed by atoms with Crippen LogP contribution in [0.25, 0.3) is 10.2 Å². The van der Waals surface area contributed by atoms with Crippen molar-refractivity contribution in [3.63, 3.8) is 0 Å². The van der Waals surface area contributed by atoms with Gasteiger partial charge in [-0.25, -0.2) is 4.98 Å². The van der Waals surface area contributed by atoms with E-state index in [-0.39, 0.29) is 18.4 Å². The lowest BCUT2D eigenvalue weighted by Crippen LogP contribution is -2.43. The van der Waals surface area contributed by atoms with Gasteiger partial charge in [-0.05, 0) is 88.4 Å². The van der Waals surface area contributed by atoms with Crippen LogP contribution in [-0.2, 0) is 11.2 Å². The van der Waals surface area contributed by atoms with Crippen LogP contribution in [0.1, 0.15) is 54.9 Å². The lowest BCUT2D eigenvalue weighted by molar-refractivity contribution is -0.137. The molecule has 0 amide bonds. The molecular weight excluding hydrogens is 512 g/mol. The molecule has 3 aliphatic rings. The molecule has 9 nitrogen and oxygen atoms in total. The molecule has 0 radical (unpaired) electrons. The van der Waals surface area contributed by atoms with E-state index >= 15 is 0 Å². The number of hydrogen-bond donors (Lipinski definition) is 3. The molecule has 6 rings (SSSR count). The van der Waals surface area contributed by atoms with E-state index in [2.05, 4.69) is 58.8 Å². The Kier molecular flexibility index (Phi) is 7.59. The summed E-state index contributed by atoms with van der Waals surface area (Å²) in [5.41, 5.74) is 3.25. The van der Waals surface area contributed by atoms with E-state index in [4.69, 9.17) is 14.7 Å². The quantitative estimate of drug-likeness (QED) is 0.371. The summed E-state index contributed by atoms with van der Waals surface area (Å²) in [5, 5.41) is 17.3. The molecule has 1 unspecified atom stereocenters. The standard InChI is InChI=1S/C29H38N6O3S/c1-34(2)20-8-10-22(11-9-20)38-27-26-25-18(17-24(36)37)3-12-23(25)39-28(26)33-29(32-27)31-19-4-6-21(7-5-19)35-15-13-30-14-16-35/h4-7,18,20,22,30H,3,8-17H2,1-2H3,(H,36,37)(H,31,32,33). The molecule has 1 saturated heterocycles. The minimum atomic E-state index is -0.764. The molecule has 3 N–H and O–H groups in total. The number of benzene rings is 1. The first-order valence-electron chi connectivity index (χ1n) is 14.2. The molecular formula is C29H38N6O3S. The van der Waals surface area contributed by atoms with Crippen LogP contribution in [0.4, 0.5) is 17.3 Å². The minimum absolute atomic E-state index is 0.0157. The van der Waals surface area contributed by atoms with Crippen LogP contribution < -0.4 is 20.3 Å². The molecule has 208 valence electrons. The van der Waals surface area contributed by atoms with Crippen molar-refractivity contribution in [1.29, 1.82) is 0 Å². The van der Waals surface area contributed by atoms with E-state index in [0.717, 1.165) is 86.2 Å². The molecule has 10 heteroatoms. The van der Waals surface area contributed by atoms with Crippen molar-refractivity contribution in [3.8, 4) is 5.88 Å². The average molecular weight is 551 g/mol. The van der Waals surface area contributed by atoms with E-state index in [0.29, 0.717) is 17.9 Å². The molecule has 1 saturated carbocycles. The maximum atomic E-state index is 11.6. The average Bonchev–Trinajstić information content (AvgIpc) is 3.49. The number of carboxylic acid groups (broad SMARTS) is 1. The summed E-state index contributed by atoms with van der Waals surface area (Å²) in [6.07, 6.45) is 6.13. The number of nitrogens with zero attached hydrogens (tertiary/aromatic N) is 4. The number of piperazine rings is 1. The number of fused-ring (bicyclic) bond motifs is 3. The number of nitrogens with one attached hydrogen (secondary N) is 2. The number of ether oxygens (including phenoxy) is 1. The van der Waals surface area contributed by atoms with Gasteiger partial charge in [-0.15, -0.1) is 11.3 Å². The van der Waals surface area contributed by atoms with E-state index in [1.165, 1.54) is 10.6 Å². The molecule has 2 aromatic heterocycles. The molecule has 2 fully saturated rings. The van der Waals surface area contributed by atoms with E-state index in [9.17, 15) is 9.90 Å². The molecule has 3 aromatic rings. The lowest BCUT2D eigenvalue weighted by atomic mass is 9.92. The normalized spacial score (nSPS) is 23.3. The summed E-state index contributed by atoms with van der Waals surface area (Å²) in [4.78, 5) is 28.2. The Hall–Kier alpha value is -2.95. The van der Waals surface area contributed by atoms with E-state index in [1.54, 1.807) is 11.3 Å². The van der Waals surface area contributed by atoms with Gasteiger partial charge in [0.15, 0.2) is 0 Å². The van der Waals surface area contributed by atoms with Crippen LogP contribution in [0.3, 0.4) is 0 Å². The summed E-state index contributed by atoms with van der Waals surface area (Å²) in [6.45, 7) is 4.03. The van der Waals surface area contributed by atoms with Gasteiger partial charge in [-0.1, -0.05) is 0 Å². The first kappa shape index (κ1) is 26.3. The van der Waals surface area contributed by atoms with Gasteiger partial charge in [0.1, 0.15) is 10.9 Å². The fourth-order valence-electron chi connectivity index (χ4n) is 6.30. The molecule has 1 aromatic carbocycles. The Morgan fingerprint density at radius 2 is 1.87 bits per heavy atom. The summed E-state index contributed by atoms with van der Waals surface area (Å²) < 4.78 is 6.65. The van der Waals surface area contributed by atoms with Crippen LogP contribution in [-0.4, -0.2) is 78.4 Å². The molecule has 1 aliphatic heterocycles. The smallest absolute Gasteiger partial charge is 0.303 e. The third-order valence-electron chi connectivity index (χ3n) is 8.44. The van der Waals surface area contributed by atoms with E-state index < -0.39 is 5.97 Å². The van der Waals surface area contributed by atoms with Gasteiger partial charge in [-0.3, -0.25) is 4.79 Å². The van der Waals surface area contributed by atoms with Crippen molar-refractivity contribution in [1.82, 2.24) is 20.2 Å². The highest BCUT2D eigenvalue weighted by molar-refractivity contribution is 7.19. The Morgan fingerprint density at radius 3 is 2.56 bits per heavy atom. The number of aliphatic carboxylic acids is 1. The topological polar surface area (TPSA) is 103 Å². The minimum Gasteiger partial charge on any atom is -0.481 e. The van der Waals surface area contributed by atoms with Gasteiger partial charge in [0, 0.05) is 48.5 Å². The van der Waals surface area contributed by atoms with E-state index in [1.807, 2.05) is 0 Å². The van der Waals surface area contributed by atoms with Crippen molar-refractivity contribution in [2.75, 3.05) is 50.5 Å². The number of rotatable bonds is 8. The first-order chi connectivity index (χ1) is 18.9. The van der Waals surface area contributed by atoms with Gasteiger partial charge in [0.05, 0.1) is 11.8 Å². The largest absolute Gasteiger partial charge is 0.481 e. The molecule has 39 heavy (non-hydrogen) atoms. The number of hydrogen-bond acceptors (Lipinski definition) is 9. The van der Waals surface area contributed by atoms with Gasteiger partial charge < -0.3 is 30.3 Å². The number of anilines is 3. The summed E-state index contributed by atoms with van der Waals surface area (Å²) >= 11 is 1.66. The predicted octanol–water partition coefficient (Wildman–Crippen LogP) is 4.60. The number of thiophene rings is 1. The maximum Gasteiger partial charge on any atom is 0.303 e. The monoisotopic (exact) mass is 550 g/mol. The number of carbonyl (C=O) groups is 1. The Bertz CT molecular complexity index is 1310. The highest BCUT2D eigenvalue weighted by Gasteiger charge is 2.33. The van der Waals surface area contributed by atoms with Crippen molar-refractivity contribution in [2.45, 2.75) is 63.0 Å². The Morgan fingerprint density at radius 1 is 1.13 bits per heavy atom. The molecule has 1 atom stereocenters. The van der Waals surface area contributed by atoms with Crippen LogP contribution in [0.2, 0.25) is 0 Å². The number of carboxylic acids is 1. The fraction of sp³-hybridized carbons (Fsp3) is 0.552. The molecule has 0 bridgehead atoms. The van der Waals surface area contributed by atoms with Crippen molar-refractivity contribution in [3.05, 3.63) is 34.7 Å². The predicted molar refractivity (Wildman–Crippen MR) is 156 cm³/mol. The van der Waals surface area contributed by atoms with Crippen LogP contribution in [0.15, 0.2) is 24.3 Å². The zero-order valence-electron chi connectivity index (χ0n) is 22.8. The lowest BCUT2D eigenvalue weighted by Gasteiger charge is -2.32. The van der Waals surface area contributed by atoms with Crippen molar-refractivity contribution >= 4 is 44.8 Å². The Balaban J connectivity index is 1.29. The first-order valence-corrected chi connectivity index (χ1v) is 15.0.